The van der Waals surface area contributed by atoms with Crippen molar-refractivity contribution in [1.82, 2.24) is 19.7 Å². The largest absolute Gasteiger partial charge is 0.419 e. The lowest BCUT2D eigenvalue weighted by molar-refractivity contribution is -0.137. The molecule has 9 heteroatoms. The van der Waals surface area contributed by atoms with Crippen LogP contribution in [0.1, 0.15) is 31.7 Å². The van der Waals surface area contributed by atoms with E-state index < -0.39 is 17.6 Å². The van der Waals surface area contributed by atoms with Crippen LogP contribution in [0.3, 0.4) is 0 Å². The van der Waals surface area contributed by atoms with Crippen LogP contribution in [0.25, 0.3) is 11.3 Å². The molecule has 2 saturated carbocycles. The average Bonchev–Trinajstić information content (AvgIpc) is 3.46. The van der Waals surface area contributed by atoms with Crippen LogP contribution in [-0.2, 0) is 17.5 Å². The monoisotopic (exact) mass is 435 g/mol. The van der Waals surface area contributed by atoms with Gasteiger partial charge in [-0.2, -0.15) is 18.3 Å². The molecule has 0 amide bonds. The molecule has 31 heavy (non-hydrogen) atoms. The lowest BCUT2D eigenvalue weighted by Gasteiger charge is -2.35. The van der Waals surface area contributed by atoms with Crippen LogP contribution in [0.5, 0.6) is 0 Å². The summed E-state index contributed by atoms with van der Waals surface area (Å²) in [7, 11) is 0. The van der Waals surface area contributed by atoms with Gasteiger partial charge in [-0.15, -0.1) is 0 Å². The van der Waals surface area contributed by atoms with E-state index >= 15 is 0 Å². The number of nitrogen functional groups attached to an aromatic ring is 1. The SMILES string of the molecule is C1C2CN(C3COC3)CC12.CC1(Cn2ccc(-c3cnc(N)c(C(F)(F)F)c3)n2)CC1. The van der Waals surface area contributed by atoms with Crippen molar-refractivity contribution in [2.45, 2.75) is 44.9 Å². The average molecular weight is 435 g/mol. The quantitative estimate of drug-likeness (QED) is 0.794. The van der Waals surface area contributed by atoms with E-state index in [0.29, 0.717) is 11.3 Å². The van der Waals surface area contributed by atoms with Crippen molar-refractivity contribution < 1.29 is 17.9 Å². The molecule has 2 aromatic rings. The number of likely N-dealkylation sites (tertiary alicyclic amines) is 1. The zero-order valence-electron chi connectivity index (χ0n) is 17.6. The topological polar surface area (TPSA) is 69.2 Å². The van der Waals surface area contributed by atoms with Gasteiger partial charge in [0.05, 0.1) is 30.5 Å². The number of alkyl halides is 3. The molecule has 6 nitrogen and oxygen atoms in total. The Morgan fingerprint density at radius 1 is 1.23 bits per heavy atom. The van der Waals surface area contributed by atoms with Crippen LogP contribution in [0, 0.1) is 17.3 Å². The fraction of sp³-hybridized carbons (Fsp3) is 0.636. The van der Waals surface area contributed by atoms with Gasteiger partial charge in [0.25, 0.3) is 0 Å². The molecule has 2 aliphatic heterocycles. The lowest BCUT2D eigenvalue weighted by Crippen LogP contribution is -2.48. The first-order valence-electron chi connectivity index (χ1n) is 10.9. The number of hydrogen-bond acceptors (Lipinski definition) is 5. The Balaban J connectivity index is 0.000000167. The van der Waals surface area contributed by atoms with Crippen LogP contribution < -0.4 is 5.73 Å². The summed E-state index contributed by atoms with van der Waals surface area (Å²) in [6.07, 6.45) is 2.41. The maximum Gasteiger partial charge on any atom is 0.419 e. The first kappa shape index (κ1) is 20.8. The summed E-state index contributed by atoms with van der Waals surface area (Å²) in [5.41, 5.74) is 5.43. The molecule has 2 aliphatic carbocycles. The zero-order chi connectivity index (χ0) is 21.8. The molecule has 4 fully saturated rings. The number of fused-ring (bicyclic) bond motifs is 1. The standard InChI is InChI=1S/C14H15F3N4.C8H13NO/c1-13(3-4-13)8-21-5-2-11(20-21)9-6-10(14(15,16)17)12(18)19-7-9;1-6-2-9(3-7(1)6)8-4-10-5-8/h2,5-7H,3-4,8H2,1H3,(H2,18,19);6-8H,1-5H2. The maximum atomic E-state index is 12.8. The Morgan fingerprint density at radius 3 is 2.52 bits per heavy atom. The third-order valence-corrected chi connectivity index (χ3v) is 6.95. The first-order chi connectivity index (χ1) is 14.7. The minimum atomic E-state index is -4.52. The Morgan fingerprint density at radius 2 is 1.94 bits per heavy atom. The summed E-state index contributed by atoms with van der Waals surface area (Å²) in [5, 5.41) is 4.33. The van der Waals surface area contributed by atoms with Gasteiger partial charge in [-0.3, -0.25) is 9.58 Å². The molecule has 2 atom stereocenters. The van der Waals surface area contributed by atoms with Gasteiger partial charge >= 0.3 is 6.18 Å². The van der Waals surface area contributed by atoms with Crippen LogP contribution in [-0.4, -0.2) is 52.0 Å². The number of hydrogen-bond donors (Lipinski definition) is 1. The minimum absolute atomic E-state index is 0.278. The van der Waals surface area contributed by atoms with E-state index in [1.165, 1.54) is 25.7 Å². The van der Waals surface area contributed by atoms with E-state index in [4.69, 9.17) is 10.5 Å². The number of ether oxygens (including phenoxy) is 1. The van der Waals surface area contributed by atoms with Crippen molar-refractivity contribution in [3.63, 3.8) is 0 Å². The van der Waals surface area contributed by atoms with Gasteiger partial charge in [-0.05, 0) is 48.6 Å². The van der Waals surface area contributed by atoms with E-state index in [1.807, 2.05) is 0 Å². The molecule has 4 aliphatic rings. The molecule has 0 bridgehead atoms. The van der Waals surface area contributed by atoms with Crippen molar-refractivity contribution in [2.75, 3.05) is 32.0 Å². The summed E-state index contributed by atoms with van der Waals surface area (Å²) < 4.78 is 45.4. The third kappa shape index (κ3) is 4.57. The Hall–Kier alpha value is -2.13. The molecular formula is C22H28F3N5O. The van der Waals surface area contributed by atoms with E-state index in [1.54, 1.807) is 16.9 Å². The molecule has 0 radical (unpaired) electrons. The van der Waals surface area contributed by atoms with Crippen LogP contribution >= 0.6 is 0 Å². The zero-order valence-corrected chi connectivity index (χ0v) is 17.6. The number of nitrogens with two attached hydrogens (primary N) is 1. The van der Waals surface area contributed by atoms with Gasteiger partial charge in [-0.1, -0.05) is 6.92 Å². The molecule has 168 valence electrons. The molecule has 4 heterocycles. The van der Waals surface area contributed by atoms with Crippen molar-refractivity contribution in [2.24, 2.45) is 17.3 Å². The van der Waals surface area contributed by atoms with E-state index in [0.717, 1.165) is 56.5 Å². The molecule has 2 aromatic heterocycles. The van der Waals surface area contributed by atoms with Crippen molar-refractivity contribution in [3.8, 4) is 11.3 Å². The molecule has 6 rings (SSSR count). The fourth-order valence-corrected chi connectivity index (χ4v) is 4.38. The Kier molecular flexibility index (Phi) is 5.01. The fourth-order valence-electron chi connectivity index (χ4n) is 4.38. The van der Waals surface area contributed by atoms with Crippen molar-refractivity contribution in [3.05, 3.63) is 30.1 Å². The highest BCUT2D eigenvalue weighted by Crippen LogP contribution is 2.46. The second kappa shape index (κ2) is 7.48. The normalized spacial score (nSPS) is 26.6. The molecule has 2 N–H and O–H groups in total. The second-order valence-corrected chi connectivity index (χ2v) is 9.76. The molecule has 0 spiro atoms. The molecular weight excluding hydrogens is 407 g/mol. The number of halogens is 3. The predicted molar refractivity (Wildman–Crippen MR) is 110 cm³/mol. The van der Waals surface area contributed by atoms with E-state index in [2.05, 4.69) is 21.9 Å². The van der Waals surface area contributed by atoms with Crippen LogP contribution in [0.4, 0.5) is 19.0 Å². The minimum Gasteiger partial charge on any atom is -0.383 e. The molecule has 2 unspecified atom stereocenters. The summed E-state index contributed by atoms with van der Waals surface area (Å²) in [6.45, 7) is 7.69. The molecule has 0 aromatic carbocycles. The van der Waals surface area contributed by atoms with Crippen LogP contribution in [0.15, 0.2) is 24.5 Å². The van der Waals surface area contributed by atoms with Gasteiger partial charge in [0, 0.05) is 37.6 Å². The highest BCUT2D eigenvalue weighted by atomic mass is 19.4. The highest BCUT2D eigenvalue weighted by molar-refractivity contribution is 5.61. The predicted octanol–water partition coefficient (Wildman–Crippen LogP) is 3.68. The van der Waals surface area contributed by atoms with Crippen molar-refractivity contribution >= 4 is 5.82 Å². The lowest BCUT2D eigenvalue weighted by atomic mass is 10.1. The van der Waals surface area contributed by atoms with Crippen LogP contribution in [0.2, 0.25) is 0 Å². The third-order valence-electron chi connectivity index (χ3n) is 6.95. The number of rotatable bonds is 4. The van der Waals surface area contributed by atoms with Gasteiger partial charge in [-0.25, -0.2) is 4.98 Å². The number of pyridine rings is 1. The summed E-state index contributed by atoms with van der Waals surface area (Å²) in [6, 6.07) is 3.49. The Labute approximate surface area is 179 Å². The molecule has 2 saturated heterocycles. The van der Waals surface area contributed by atoms with E-state index in [9.17, 15) is 13.2 Å². The number of anilines is 1. The highest BCUT2D eigenvalue weighted by Gasteiger charge is 2.47. The first-order valence-corrected chi connectivity index (χ1v) is 10.9. The smallest absolute Gasteiger partial charge is 0.383 e. The maximum absolute atomic E-state index is 12.8. The summed E-state index contributed by atoms with van der Waals surface area (Å²) in [4.78, 5) is 6.24. The van der Waals surface area contributed by atoms with Gasteiger partial charge in [0.1, 0.15) is 5.82 Å². The van der Waals surface area contributed by atoms with E-state index in [-0.39, 0.29) is 5.41 Å². The van der Waals surface area contributed by atoms with Gasteiger partial charge in [0.15, 0.2) is 0 Å². The van der Waals surface area contributed by atoms with Crippen molar-refractivity contribution in [1.29, 1.82) is 0 Å². The summed E-state index contributed by atoms with van der Waals surface area (Å²) >= 11 is 0. The Bertz CT molecular complexity index is 941. The number of nitrogens with zero attached hydrogens (tertiary/aromatic N) is 4. The van der Waals surface area contributed by atoms with Gasteiger partial charge < -0.3 is 10.5 Å². The second-order valence-electron chi connectivity index (χ2n) is 9.76. The summed E-state index contributed by atoms with van der Waals surface area (Å²) in [5.74, 6) is 1.65. The van der Waals surface area contributed by atoms with Gasteiger partial charge in [0.2, 0.25) is 0 Å². The number of piperidine rings is 1. The number of aromatic nitrogens is 3.